The Morgan fingerprint density at radius 3 is 2.65 bits per heavy atom. The number of carbonyl (C=O) groups excluding carboxylic acids is 1. The van der Waals surface area contributed by atoms with E-state index in [1.54, 1.807) is 0 Å². The number of rotatable bonds is 8. The zero-order valence-electron chi connectivity index (χ0n) is 14.6. The number of piperidine rings is 1. The maximum absolute atomic E-state index is 12.4. The Morgan fingerprint density at radius 1 is 1.30 bits per heavy atom. The fourth-order valence-electron chi connectivity index (χ4n) is 3.39. The summed E-state index contributed by atoms with van der Waals surface area (Å²) in [5.74, 6) is 0.347. The summed E-state index contributed by atoms with van der Waals surface area (Å²) in [5.41, 5.74) is 1.33. The molecular weight excluding hydrogens is 286 g/mol. The molecule has 4 nitrogen and oxygen atoms in total. The van der Waals surface area contributed by atoms with Crippen LogP contribution in [0.4, 0.5) is 0 Å². The molecule has 0 aliphatic carbocycles. The van der Waals surface area contributed by atoms with E-state index >= 15 is 0 Å². The Kier molecular flexibility index (Phi) is 7.56. The van der Waals surface area contributed by atoms with Gasteiger partial charge in [-0.3, -0.25) is 9.69 Å². The molecule has 0 radical (unpaired) electrons. The fourth-order valence-corrected chi connectivity index (χ4v) is 3.39. The SMILES string of the molecule is CCN(CC)C(CNC(=O)C1CCCNC1)Cc1ccccc1. The van der Waals surface area contributed by atoms with Gasteiger partial charge in [0.15, 0.2) is 0 Å². The van der Waals surface area contributed by atoms with Crippen LogP contribution in [-0.2, 0) is 11.2 Å². The summed E-state index contributed by atoms with van der Waals surface area (Å²) in [7, 11) is 0. The van der Waals surface area contributed by atoms with Gasteiger partial charge in [0, 0.05) is 19.1 Å². The maximum Gasteiger partial charge on any atom is 0.224 e. The van der Waals surface area contributed by atoms with E-state index in [0.29, 0.717) is 6.04 Å². The quantitative estimate of drug-likeness (QED) is 0.771. The molecule has 0 saturated carbocycles. The predicted octanol–water partition coefficient (Wildman–Crippen LogP) is 2.06. The Morgan fingerprint density at radius 2 is 2.04 bits per heavy atom. The van der Waals surface area contributed by atoms with Crippen molar-refractivity contribution in [2.75, 3.05) is 32.7 Å². The topological polar surface area (TPSA) is 44.4 Å². The van der Waals surface area contributed by atoms with Crippen LogP contribution in [0, 0.1) is 5.92 Å². The second kappa shape index (κ2) is 9.68. The summed E-state index contributed by atoms with van der Waals surface area (Å²) in [6.07, 6.45) is 3.08. The highest BCUT2D eigenvalue weighted by atomic mass is 16.1. The van der Waals surface area contributed by atoms with Gasteiger partial charge in [0.1, 0.15) is 0 Å². The van der Waals surface area contributed by atoms with Crippen LogP contribution in [0.1, 0.15) is 32.3 Å². The van der Waals surface area contributed by atoms with Crippen molar-refractivity contribution in [2.45, 2.75) is 39.2 Å². The molecule has 1 aromatic rings. The highest BCUT2D eigenvalue weighted by Gasteiger charge is 2.23. The number of hydrogen-bond donors (Lipinski definition) is 2. The van der Waals surface area contributed by atoms with Crippen LogP contribution in [0.3, 0.4) is 0 Å². The molecule has 1 aromatic carbocycles. The lowest BCUT2D eigenvalue weighted by Gasteiger charge is -2.31. The Balaban J connectivity index is 1.92. The van der Waals surface area contributed by atoms with Crippen LogP contribution in [0.15, 0.2) is 30.3 Å². The van der Waals surface area contributed by atoms with Gasteiger partial charge in [-0.1, -0.05) is 44.2 Å². The number of hydrogen-bond acceptors (Lipinski definition) is 3. The molecule has 2 atom stereocenters. The van der Waals surface area contributed by atoms with E-state index in [9.17, 15) is 4.79 Å². The minimum absolute atomic E-state index is 0.137. The molecule has 1 amide bonds. The standard InChI is InChI=1S/C19H31N3O/c1-3-22(4-2)18(13-16-9-6-5-7-10-16)15-21-19(23)17-11-8-12-20-14-17/h5-7,9-10,17-18,20H,3-4,8,11-15H2,1-2H3,(H,21,23). The lowest BCUT2D eigenvalue weighted by atomic mass is 9.98. The minimum Gasteiger partial charge on any atom is -0.354 e. The van der Waals surface area contributed by atoms with Crippen molar-refractivity contribution in [3.63, 3.8) is 0 Å². The number of nitrogens with one attached hydrogen (secondary N) is 2. The molecular formula is C19H31N3O. The third-order valence-corrected chi connectivity index (χ3v) is 4.82. The van der Waals surface area contributed by atoms with Gasteiger partial charge in [-0.25, -0.2) is 0 Å². The summed E-state index contributed by atoms with van der Waals surface area (Å²) in [6.45, 7) is 8.98. The van der Waals surface area contributed by atoms with E-state index in [4.69, 9.17) is 0 Å². The van der Waals surface area contributed by atoms with E-state index in [1.165, 1.54) is 5.56 Å². The highest BCUT2D eigenvalue weighted by Crippen LogP contribution is 2.12. The van der Waals surface area contributed by atoms with E-state index in [1.807, 2.05) is 6.07 Å². The van der Waals surface area contributed by atoms with Crippen LogP contribution in [-0.4, -0.2) is 49.6 Å². The summed E-state index contributed by atoms with van der Waals surface area (Å²) in [4.78, 5) is 14.8. The van der Waals surface area contributed by atoms with Gasteiger partial charge < -0.3 is 10.6 Å². The molecule has 1 aliphatic rings. The Hall–Kier alpha value is -1.39. The van der Waals surface area contributed by atoms with Crippen LogP contribution >= 0.6 is 0 Å². The van der Waals surface area contributed by atoms with Gasteiger partial charge in [-0.05, 0) is 44.5 Å². The first-order chi connectivity index (χ1) is 11.2. The monoisotopic (exact) mass is 317 g/mol. The Bertz CT molecular complexity index is 453. The molecule has 0 bridgehead atoms. The van der Waals surface area contributed by atoms with Crippen molar-refractivity contribution >= 4 is 5.91 Å². The molecule has 1 aliphatic heterocycles. The van der Waals surface area contributed by atoms with Gasteiger partial charge >= 0.3 is 0 Å². The van der Waals surface area contributed by atoms with Crippen LogP contribution < -0.4 is 10.6 Å². The van der Waals surface area contributed by atoms with Crippen molar-refractivity contribution in [1.29, 1.82) is 0 Å². The van der Waals surface area contributed by atoms with E-state index in [0.717, 1.165) is 52.0 Å². The van der Waals surface area contributed by atoms with Crippen molar-refractivity contribution in [3.8, 4) is 0 Å². The third-order valence-electron chi connectivity index (χ3n) is 4.82. The largest absolute Gasteiger partial charge is 0.354 e. The van der Waals surface area contributed by atoms with Crippen molar-refractivity contribution in [2.24, 2.45) is 5.92 Å². The van der Waals surface area contributed by atoms with E-state index < -0.39 is 0 Å². The highest BCUT2D eigenvalue weighted by molar-refractivity contribution is 5.79. The molecule has 4 heteroatoms. The number of benzene rings is 1. The molecule has 2 N–H and O–H groups in total. The van der Waals surface area contributed by atoms with Gasteiger partial charge in [0.25, 0.3) is 0 Å². The number of amides is 1. The molecule has 23 heavy (non-hydrogen) atoms. The molecule has 1 heterocycles. The number of carbonyl (C=O) groups is 1. The lowest BCUT2D eigenvalue weighted by Crippen LogP contribution is -2.48. The van der Waals surface area contributed by atoms with Gasteiger partial charge in [0.2, 0.25) is 5.91 Å². The zero-order valence-corrected chi connectivity index (χ0v) is 14.6. The van der Waals surface area contributed by atoms with Crippen molar-refractivity contribution in [1.82, 2.24) is 15.5 Å². The summed E-state index contributed by atoms with van der Waals surface area (Å²) >= 11 is 0. The molecule has 128 valence electrons. The second-order valence-corrected chi connectivity index (χ2v) is 6.35. The first-order valence-electron chi connectivity index (χ1n) is 9.01. The summed E-state index contributed by atoms with van der Waals surface area (Å²) < 4.78 is 0. The Labute approximate surface area is 140 Å². The molecule has 2 unspecified atom stereocenters. The van der Waals surface area contributed by atoms with Crippen molar-refractivity contribution < 1.29 is 4.79 Å². The van der Waals surface area contributed by atoms with Crippen LogP contribution in [0.2, 0.25) is 0 Å². The lowest BCUT2D eigenvalue weighted by molar-refractivity contribution is -0.125. The fraction of sp³-hybridized carbons (Fsp3) is 0.632. The number of likely N-dealkylation sites (N-methyl/N-ethyl adjacent to an activating group) is 1. The summed E-state index contributed by atoms with van der Waals surface area (Å²) in [6, 6.07) is 10.9. The number of nitrogens with zero attached hydrogens (tertiary/aromatic N) is 1. The predicted molar refractivity (Wildman–Crippen MR) is 95.5 cm³/mol. The van der Waals surface area contributed by atoms with Gasteiger partial charge in [0.05, 0.1) is 5.92 Å². The molecule has 2 rings (SSSR count). The van der Waals surface area contributed by atoms with Crippen molar-refractivity contribution in [3.05, 3.63) is 35.9 Å². The first-order valence-corrected chi connectivity index (χ1v) is 9.01. The molecule has 0 spiro atoms. The summed E-state index contributed by atoms with van der Waals surface area (Å²) in [5, 5.41) is 6.52. The second-order valence-electron chi connectivity index (χ2n) is 6.35. The smallest absolute Gasteiger partial charge is 0.224 e. The van der Waals surface area contributed by atoms with E-state index in [2.05, 4.69) is 53.6 Å². The molecule has 1 fully saturated rings. The average molecular weight is 317 g/mol. The molecule has 1 saturated heterocycles. The van der Waals surface area contributed by atoms with Gasteiger partial charge in [-0.15, -0.1) is 0 Å². The third kappa shape index (κ3) is 5.63. The normalized spacial score (nSPS) is 19.5. The molecule has 0 aromatic heterocycles. The zero-order chi connectivity index (χ0) is 16.5. The first kappa shape index (κ1) is 18.0. The minimum atomic E-state index is 0.137. The average Bonchev–Trinajstić information content (AvgIpc) is 2.62. The maximum atomic E-state index is 12.4. The van der Waals surface area contributed by atoms with Crippen LogP contribution in [0.25, 0.3) is 0 Å². The van der Waals surface area contributed by atoms with Gasteiger partial charge in [-0.2, -0.15) is 0 Å². The van der Waals surface area contributed by atoms with Crippen LogP contribution in [0.5, 0.6) is 0 Å². The van der Waals surface area contributed by atoms with E-state index in [-0.39, 0.29) is 11.8 Å².